The highest BCUT2D eigenvalue weighted by Gasteiger charge is 2.03. The van der Waals surface area contributed by atoms with E-state index < -0.39 is 0 Å². The van der Waals surface area contributed by atoms with E-state index in [1.807, 2.05) is 7.05 Å². The van der Waals surface area contributed by atoms with Gasteiger partial charge in [0.05, 0.1) is 11.6 Å². The number of hydrogen-bond acceptors (Lipinski definition) is 3. The highest BCUT2D eigenvalue weighted by Crippen LogP contribution is 2.17. The minimum Gasteiger partial charge on any atom is -0.250 e. The largest absolute Gasteiger partial charge is 0.250 e. The minimum atomic E-state index is 0.788. The number of nitrogens with zero attached hydrogens (tertiary/aromatic N) is 4. The molecule has 0 amide bonds. The summed E-state index contributed by atoms with van der Waals surface area (Å²) in [7, 11) is 1.85. The molecule has 0 atom stereocenters. The van der Waals surface area contributed by atoms with Gasteiger partial charge in [0.15, 0.2) is 5.65 Å². The van der Waals surface area contributed by atoms with Crippen LogP contribution in [0, 0.1) is 0 Å². The maximum Gasteiger partial charge on any atom is 0.162 e. The summed E-state index contributed by atoms with van der Waals surface area (Å²) in [6.45, 7) is 0. The van der Waals surface area contributed by atoms with Crippen molar-refractivity contribution in [3.8, 4) is 0 Å². The molecule has 0 spiro atoms. The lowest BCUT2D eigenvalue weighted by atomic mass is 10.4. The summed E-state index contributed by atoms with van der Waals surface area (Å²) in [5.41, 5.74) is 0.840. The van der Waals surface area contributed by atoms with Gasteiger partial charge in [0.1, 0.15) is 10.9 Å². The van der Waals surface area contributed by atoms with Crippen molar-refractivity contribution in [2.75, 3.05) is 0 Å². The monoisotopic (exact) mass is 212 g/mol. The van der Waals surface area contributed by atoms with Gasteiger partial charge in [0, 0.05) is 7.05 Å². The molecule has 11 heavy (non-hydrogen) atoms. The summed E-state index contributed by atoms with van der Waals surface area (Å²) < 4.78 is 2.50. The van der Waals surface area contributed by atoms with Crippen molar-refractivity contribution in [1.82, 2.24) is 19.7 Å². The van der Waals surface area contributed by atoms with E-state index >= 15 is 0 Å². The van der Waals surface area contributed by atoms with Gasteiger partial charge >= 0.3 is 0 Å². The molecule has 0 fully saturated rings. The van der Waals surface area contributed by atoms with Crippen LogP contribution in [-0.2, 0) is 7.05 Å². The lowest BCUT2D eigenvalue weighted by Crippen LogP contribution is -1.91. The normalized spacial score (nSPS) is 10.7. The third-order valence-electron chi connectivity index (χ3n) is 1.48. The standard InChI is InChI=1S/C6H5BrN4/c1-11-6-4(2-10-11)5(7)8-3-9-6/h2-3H,1H3. The van der Waals surface area contributed by atoms with Crippen LogP contribution >= 0.6 is 15.9 Å². The van der Waals surface area contributed by atoms with Gasteiger partial charge in [0.2, 0.25) is 0 Å². The Labute approximate surface area is 71.4 Å². The molecule has 0 aliphatic carbocycles. The lowest BCUT2D eigenvalue weighted by Gasteiger charge is -1.91. The molecule has 4 nitrogen and oxygen atoms in total. The van der Waals surface area contributed by atoms with Crippen LogP contribution in [0.5, 0.6) is 0 Å². The maximum absolute atomic E-state index is 4.06. The van der Waals surface area contributed by atoms with Crippen molar-refractivity contribution in [1.29, 1.82) is 0 Å². The molecule has 0 radical (unpaired) electrons. The number of rotatable bonds is 0. The summed E-state index contributed by atoms with van der Waals surface area (Å²) in [5.74, 6) is 0. The smallest absolute Gasteiger partial charge is 0.162 e. The van der Waals surface area contributed by atoms with Crippen LogP contribution in [0.2, 0.25) is 0 Å². The highest BCUT2D eigenvalue weighted by atomic mass is 79.9. The van der Waals surface area contributed by atoms with Crippen LogP contribution in [0.3, 0.4) is 0 Å². The third-order valence-corrected chi connectivity index (χ3v) is 2.11. The van der Waals surface area contributed by atoms with Crippen LogP contribution in [0.25, 0.3) is 11.0 Å². The Kier molecular flexibility index (Phi) is 1.38. The Bertz CT molecular complexity index is 394. The summed E-state index contributed by atoms with van der Waals surface area (Å²) in [6.07, 6.45) is 3.24. The van der Waals surface area contributed by atoms with Gasteiger partial charge in [-0.25, -0.2) is 9.97 Å². The second kappa shape index (κ2) is 2.27. The van der Waals surface area contributed by atoms with Crippen LogP contribution < -0.4 is 0 Å². The molecule has 2 heterocycles. The van der Waals surface area contributed by atoms with Gasteiger partial charge in [-0.1, -0.05) is 0 Å². The van der Waals surface area contributed by atoms with Crippen LogP contribution in [0.1, 0.15) is 0 Å². The molecule has 0 saturated heterocycles. The van der Waals surface area contributed by atoms with Crippen molar-refractivity contribution < 1.29 is 0 Å². The van der Waals surface area contributed by atoms with Gasteiger partial charge in [-0.05, 0) is 15.9 Å². The predicted octanol–water partition coefficient (Wildman–Crippen LogP) is 1.13. The molecule has 5 heteroatoms. The topological polar surface area (TPSA) is 43.6 Å². The predicted molar refractivity (Wildman–Crippen MR) is 44.0 cm³/mol. The first-order valence-electron chi connectivity index (χ1n) is 3.07. The van der Waals surface area contributed by atoms with Crippen molar-refractivity contribution in [3.63, 3.8) is 0 Å². The molecule has 0 saturated carbocycles. The Balaban J connectivity index is 2.94. The zero-order valence-corrected chi connectivity index (χ0v) is 7.41. The zero-order chi connectivity index (χ0) is 7.84. The number of aromatic nitrogens is 4. The van der Waals surface area contributed by atoms with E-state index in [1.165, 1.54) is 6.33 Å². The molecule has 0 unspecified atom stereocenters. The van der Waals surface area contributed by atoms with Crippen LogP contribution in [0.4, 0.5) is 0 Å². The van der Waals surface area contributed by atoms with Crippen molar-refractivity contribution in [2.45, 2.75) is 0 Å². The van der Waals surface area contributed by atoms with E-state index in [-0.39, 0.29) is 0 Å². The molecule has 0 bridgehead atoms. The van der Waals surface area contributed by atoms with Crippen LogP contribution in [-0.4, -0.2) is 19.7 Å². The van der Waals surface area contributed by atoms with Crippen LogP contribution in [0.15, 0.2) is 17.1 Å². The second-order valence-corrected chi connectivity index (χ2v) is 2.92. The number of halogens is 1. The molecule has 2 aromatic heterocycles. The van der Waals surface area contributed by atoms with E-state index in [1.54, 1.807) is 10.9 Å². The van der Waals surface area contributed by atoms with Crippen molar-refractivity contribution >= 4 is 27.0 Å². The molecule has 0 aliphatic rings. The first kappa shape index (κ1) is 6.72. The van der Waals surface area contributed by atoms with Crippen molar-refractivity contribution in [2.24, 2.45) is 7.05 Å². The molecule has 56 valence electrons. The van der Waals surface area contributed by atoms with E-state index in [2.05, 4.69) is 31.0 Å². The van der Waals surface area contributed by atoms with Gasteiger partial charge in [0.25, 0.3) is 0 Å². The molecule has 2 rings (SSSR count). The molecule has 2 aromatic rings. The quantitative estimate of drug-likeness (QED) is 0.616. The Morgan fingerprint density at radius 2 is 2.27 bits per heavy atom. The summed E-state index contributed by atoms with van der Waals surface area (Å²) in [4.78, 5) is 8.03. The molecule has 0 aromatic carbocycles. The fraction of sp³-hybridized carbons (Fsp3) is 0.167. The number of hydrogen-bond donors (Lipinski definition) is 0. The van der Waals surface area contributed by atoms with Gasteiger partial charge in [-0.3, -0.25) is 4.68 Å². The number of fused-ring (bicyclic) bond motifs is 1. The Morgan fingerprint density at radius 1 is 1.45 bits per heavy atom. The summed E-state index contributed by atoms with van der Waals surface area (Å²) in [5, 5.41) is 4.98. The van der Waals surface area contributed by atoms with Gasteiger partial charge in [-0.15, -0.1) is 0 Å². The minimum absolute atomic E-state index is 0.788. The summed E-state index contributed by atoms with van der Waals surface area (Å²) >= 11 is 3.31. The molecule has 0 aliphatic heterocycles. The molecular weight excluding hydrogens is 208 g/mol. The second-order valence-electron chi connectivity index (χ2n) is 2.17. The van der Waals surface area contributed by atoms with E-state index in [0.717, 1.165) is 15.6 Å². The third kappa shape index (κ3) is 0.920. The van der Waals surface area contributed by atoms with Gasteiger partial charge < -0.3 is 0 Å². The molecular formula is C6H5BrN4. The SMILES string of the molecule is Cn1ncc2c(Br)ncnc21. The fourth-order valence-electron chi connectivity index (χ4n) is 0.933. The van der Waals surface area contributed by atoms with E-state index in [0.29, 0.717) is 0 Å². The first-order valence-corrected chi connectivity index (χ1v) is 3.86. The highest BCUT2D eigenvalue weighted by molar-refractivity contribution is 9.10. The van der Waals surface area contributed by atoms with E-state index in [4.69, 9.17) is 0 Å². The zero-order valence-electron chi connectivity index (χ0n) is 5.82. The first-order chi connectivity index (χ1) is 5.29. The number of aryl methyl sites for hydroxylation is 1. The molecule has 0 N–H and O–H groups in total. The Morgan fingerprint density at radius 3 is 3.00 bits per heavy atom. The maximum atomic E-state index is 4.06. The lowest BCUT2D eigenvalue weighted by molar-refractivity contribution is 0.785. The fourth-order valence-corrected chi connectivity index (χ4v) is 1.30. The Hall–Kier alpha value is -0.970. The average Bonchev–Trinajstić information content (AvgIpc) is 2.35. The van der Waals surface area contributed by atoms with Gasteiger partial charge in [-0.2, -0.15) is 5.10 Å². The van der Waals surface area contributed by atoms with Crippen molar-refractivity contribution in [3.05, 3.63) is 17.1 Å². The summed E-state index contributed by atoms with van der Waals surface area (Å²) in [6, 6.07) is 0. The average molecular weight is 213 g/mol. The van der Waals surface area contributed by atoms with E-state index in [9.17, 15) is 0 Å².